The van der Waals surface area contributed by atoms with Crippen molar-refractivity contribution in [3.8, 4) is 0 Å². The standard InChI is InChI=1S/C26H32O/c1-3-26-16-13-19(18-7-5-4-6-8-18)17-20(26)9-10-21-22-11-12-24(27)25(22,2)15-14-23(21)26/h3-9,17,21-24,27H,1,10-16H2,2H3/t21-,22-,23-,24-,25-,26-/m0/s1. The van der Waals surface area contributed by atoms with Crippen LogP contribution in [0.2, 0.25) is 0 Å². The summed E-state index contributed by atoms with van der Waals surface area (Å²) in [7, 11) is 0. The summed E-state index contributed by atoms with van der Waals surface area (Å²) in [5.74, 6) is 2.10. The van der Waals surface area contributed by atoms with Crippen molar-refractivity contribution < 1.29 is 5.11 Å². The zero-order valence-electron chi connectivity index (χ0n) is 16.5. The van der Waals surface area contributed by atoms with Gasteiger partial charge in [0.2, 0.25) is 0 Å². The maximum Gasteiger partial charge on any atom is 0.0596 e. The number of benzene rings is 1. The van der Waals surface area contributed by atoms with E-state index in [1.165, 1.54) is 48.8 Å². The third kappa shape index (κ3) is 2.40. The normalized spacial score (nSPS) is 43.0. The first-order chi connectivity index (χ1) is 13.1. The number of fused-ring (bicyclic) bond motifs is 5. The van der Waals surface area contributed by atoms with Gasteiger partial charge in [0, 0.05) is 5.41 Å². The van der Waals surface area contributed by atoms with Crippen molar-refractivity contribution in [3.05, 3.63) is 66.3 Å². The summed E-state index contributed by atoms with van der Waals surface area (Å²) >= 11 is 0. The number of allylic oxidation sites excluding steroid dienone is 5. The van der Waals surface area contributed by atoms with Gasteiger partial charge in [0.25, 0.3) is 0 Å². The zero-order chi connectivity index (χ0) is 18.6. The number of aliphatic hydroxyl groups is 1. The fourth-order valence-corrected chi connectivity index (χ4v) is 7.27. The van der Waals surface area contributed by atoms with Gasteiger partial charge in [0.1, 0.15) is 0 Å². The molecule has 1 nitrogen and oxygen atoms in total. The van der Waals surface area contributed by atoms with Gasteiger partial charge in [-0.1, -0.05) is 55.5 Å². The van der Waals surface area contributed by atoms with Crippen LogP contribution in [0.1, 0.15) is 57.4 Å². The Morgan fingerprint density at radius 3 is 2.67 bits per heavy atom. The second-order valence-electron chi connectivity index (χ2n) is 9.69. The van der Waals surface area contributed by atoms with Gasteiger partial charge in [-0.15, -0.1) is 6.58 Å². The molecule has 4 aliphatic carbocycles. The van der Waals surface area contributed by atoms with Gasteiger partial charge in [-0.25, -0.2) is 0 Å². The fraction of sp³-hybridized carbons (Fsp3) is 0.538. The molecule has 1 heteroatoms. The van der Waals surface area contributed by atoms with Crippen LogP contribution in [0.25, 0.3) is 5.57 Å². The van der Waals surface area contributed by atoms with E-state index < -0.39 is 0 Å². The summed E-state index contributed by atoms with van der Waals surface area (Å²) in [5.41, 5.74) is 4.67. The monoisotopic (exact) mass is 360 g/mol. The Labute approximate surface area is 163 Å². The topological polar surface area (TPSA) is 20.2 Å². The SMILES string of the molecule is C=C[C@]12CCC(c3ccccc3)=CC1=CC[C@H]1[C@@H]3CC[C@H](O)[C@@]3(C)CC[C@@H]12. The quantitative estimate of drug-likeness (QED) is 0.625. The smallest absolute Gasteiger partial charge is 0.0596 e. The van der Waals surface area contributed by atoms with E-state index in [0.29, 0.717) is 17.8 Å². The lowest BCUT2D eigenvalue weighted by molar-refractivity contribution is -0.0565. The molecule has 4 aliphatic rings. The average Bonchev–Trinajstić information content (AvgIpc) is 3.02. The Balaban J connectivity index is 1.53. The van der Waals surface area contributed by atoms with Crippen LogP contribution in [0.3, 0.4) is 0 Å². The Hall–Kier alpha value is -1.60. The highest BCUT2D eigenvalue weighted by Crippen LogP contribution is 2.65. The minimum atomic E-state index is -0.0931. The van der Waals surface area contributed by atoms with Crippen LogP contribution in [0.15, 0.2) is 60.7 Å². The Bertz CT molecular complexity index is 803. The summed E-state index contributed by atoms with van der Waals surface area (Å²) in [6, 6.07) is 10.9. The molecule has 0 heterocycles. The Kier molecular flexibility index (Phi) is 4.02. The van der Waals surface area contributed by atoms with E-state index in [-0.39, 0.29) is 16.9 Å². The molecule has 0 aliphatic heterocycles. The summed E-state index contributed by atoms with van der Waals surface area (Å²) in [4.78, 5) is 0. The molecule has 0 radical (unpaired) electrons. The molecule has 1 aromatic rings. The Morgan fingerprint density at radius 2 is 1.89 bits per heavy atom. The second kappa shape index (κ2) is 6.21. The molecule has 0 unspecified atom stereocenters. The van der Waals surface area contributed by atoms with Crippen molar-refractivity contribution in [2.45, 2.75) is 58.0 Å². The maximum atomic E-state index is 10.6. The molecular weight excluding hydrogens is 328 g/mol. The molecule has 1 aromatic carbocycles. The zero-order valence-corrected chi connectivity index (χ0v) is 16.5. The van der Waals surface area contributed by atoms with Crippen molar-refractivity contribution in [1.29, 1.82) is 0 Å². The highest BCUT2D eigenvalue weighted by molar-refractivity contribution is 5.71. The van der Waals surface area contributed by atoms with Gasteiger partial charge in [0.05, 0.1) is 6.10 Å². The molecule has 27 heavy (non-hydrogen) atoms. The van der Waals surface area contributed by atoms with Crippen LogP contribution in [0.5, 0.6) is 0 Å². The predicted molar refractivity (Wildman–Crippen MR) is 112 cm³/mol. The first-order valence-corrected chi connectivity index (χ1v) is 10.9. The van der Waals surface area contributed by atoms with E-state index >= 15 is 0 Å². The van der Waals surface area contributed by atoms with E-state index in [0.717, 1.165) is 12.8 Å². The molecule has 2 saturated carbocycles. The highest BCUT2D eigenvalue weighted by Gasteiger charge is 2.58. The third-order valence-electron chi connectivity index (χ3n) is 8.84. The van der Waals surface area contributed by atoms with Crippen LogP contribution < -0.4 is 0 Å². The van der Waals surface area contributed by atoms with Crippen LogP contribution in [-0.2, 0) is 0 Å². The molecule has 142 valence electrons. The summed E-state index contributed by atoms with van der Waals surface area (Å²) in [6.07, 6.45) is 15.4. The summed E-state index contributed by atoms with van der Waals surface area (Å²) in [5, 5.41) is 10.6. The van der Waals surface area contributed by atoms with Crippen molar-refractivity contribution in [2.75, 3.05) is 0 Å². The predicted octanol–water partition coefficient (Wildman–Crippen LogP) is 6.17. The number of aliphatic hydroxyl groups excluding tert-OH is 1. The van der Waals surface area contributed by atoms with Crippen molar-refractivity contribution in [3.63, 3.8) is 0 Å². The van der Waals surface area contributed by atoms with E-state index in [2.05, 4.69) is 62.1 Å². The van der Waals surface area contributed by atoms with E-state index in [1.807, 2.05) is 0 Å². The van der Waals surface area contributed by atoms with Crippen LogP contribution >= 0.6 is 0 Å². The summed E-state index contributed by atoms with van der Waals surface area (Å²) in [6.45, 7) is 6.71. The number of rotatable bonds is 2. The van der Waals surface area contributed by atoms with Gasteiger partial charge >= 0.3 is 0 Å². The van der Waals surface area contributed by atoms with E-state index in [1.54, 1.807) is 0 Å². The van der Waals surface area contributed by atoms with Crippen LogP contribution in [-0.4, -0.2) is 11.2 Å². The first-order valence-electron chi connectivity index (χ1n) is 10.9. The van der Waals surface area contributed by atoms with Gasteiger partial charge in [-0.3, -0.25) is 0 Å². The van der Waals surface area contributed by atoms with Crippen LogP contribution in [0.4, 0.5) is 0 Å². The van der Waals surface area contributed by atoms with Gasteiger partial charge in [-0.2, -0.15) is 0 Å². The molecule has 0 spiro atoms. The van der Waals surface area contributed by atoms with Crippen molar-refractivity contribution in [2.24, 2.45) is 28.6 Å². The molecule has 0 saturated heterocycles. The minimum Gasteiger partial charge on any atom is -0.393 e. The van der Waals surface area contributed by atoms with E-state index in [9.17, 15) is 5.11 Å². The Morgan fingerprint density at radius 1 is 1.07 bits per heavy atom. The maximum absolute atomic E-state index is 10.6. The molecule has 1 N–H and O–H groups in total. The van der Waals surface area contributed by atoms with Crippen LogP contribution in [0, 0.1) is 28.6 Å². The lowest BCUT2D eigenvalue weighted by Crippen LogP contribution is -2.50. The average molecular weight is 361 g/mol. The molecule has 0 amide bonds. The number of hydrogen-bond donors (Lipinski definition) is 1. The molecule has 0 aromatic heterocycles. The van der Waals surface area contributed by atoms with Crippen molar-refractivity contribution >= 4 is 5.57 Å². The second-order valence-corrected chi connectivity index (χ2v) is 9.69. The first kappa shape index (κ1) is 17.5. The lowest BCUT2D eigenvalue weighted by atomic mass is 9.48. The highest BCUT2D eigenvalue weighted by atomic mass is 16.3. The fourth-order valence-electron chi connectivity index (χ4n) is 7.27. The molecule has 6 atom stereocenters. The molecule has 5 rings (SSSR count). The van der Waals surface area contributed by atoms with Gasteiger partial charge in [-0.05, 0) is 84.8 Å². The largest absolute Gasteiger partial charge is 0.393 e. The summed E-state index contributed by atoms with van der Waals surface area (Å²) < 4.78 is 0. The van der Waals surface area contributed by atoms with E-state index in [4.69, 9.17) is 0 Å². The molecular formula is C26H32O. The van der Waals surface area contributed by atoms with Crippen molar-refractivity contribution in [1.82, 2.24) is 0 Å². The van der Waals surface area contributed by atoms with Gasteiger partial charge in [0.15, 0.2) is 0 Å². The molecule has 2 fully saturated rings. The molecule has 0 bridgehead atoms. The third-order valence-corrected chi connectivity index (χ3v) is 8.84. The lowest BCUT2D eigenvalue weighted by Gasteiger charge is -2.57. The van der Waals surface area contributed by atoms with Gasteiger partial charge < -0.3 is 5.11 Å². The number of hydrogen-bond acceptors (Lipinski definition) is 1. The minimum absolute atomic E-state index is 0.0931.